The smallest absolute Gasteiger partial charge is 0.123 e. The van der Waals surface area contributed by atoms with Gasteiger partial charge in [-0.2, -0.15) is 5.26 Å². The van der Waals surface area contributed by atoms with E-state index in [0.717, 1.165) is 0 Å². The Bertz CT molecular complexity index is 466. The van der Waals surface area contributed by atoms with Crippen LogP contribution in [0.1, 0.15) is 25.5 Å². The SMILES string of the molecule is COc1ccc(F)cc1C(C(C#N)C(C)C)N(C)C. The van der Waals surface area contributed by atoms with E-state index in [1.165, 1.54) is 12.1 Å². The third-order valence-electron chi connectivity index (χ3n) is 3.27. The van der Waals surface area contributed by atoms with Gasteiger partial charge in [0.2, 0.25) is 0 Å². The van der Waals surface area contributed by atoms with E-state index in [1.54, 1.807) is 13.2 Å². The van der Waals surface area contributed by atoms with Crippen molar-refractivity contribution in [3.05, 3.63) is 29.6 Å². The van der Waals surface area contributed by atoms with Gasteiger partial charge in [-0.05, 0) is 38.2 Å². The van der Waals surface area contributed by atoms with E-state index >= 15 is 0 Å². The number of nitrogens with zero attached hydrogens (tertiary/aromatic N) is 2. The summed E-state index contributed by atoms with van der Waals surface area (Å²) in [5, 5.41) is 9.40. The van der Waals surface area contributed by atoms with Gasteiger partial charge in [-0.25, -0.2) is 4.39 Å². The molecule has 0 radical (unpaired) electrons. The van der Waals surface area contributed by atoms with Crippen LogP contribution in [0, 0.1) is 29.0 Å². The monoisotopic (exact) mass is 264 g/mol. The molecule has 3 nitrogen and oxygen atoms in total. The first-order valence-corrected chi connectivity index (χ1v) is 6.31. The Hall–Kier alpha value is -1.60. The lowest BCUT2D eigenvalue weighted by atomic mass is 9.84. The quantitative estimate of drug-likeness (QED) is 0.819. The Labute approximate surface area is 114 Å². The van der Waals surface area contributed by atoms with Crippen molar-refractivity contribution in [1.82, 2.24) is 4.90 Å². The molecule has 0 aliphatic rings. The largest absolute Gasteiger partial charge is 0.496 e. The van der Waals surface area contributed by atoms with E-state index in [2.05, 4.69) is 6.07 Å². The normalized spacial score (nSPS) is 14.3. The molecule has 0 aliphatic carbocycles. The Morgan fingerprint density at radius 2 is 1.95 bits per heavy atom. The number of ether oxygens (including phenoxy) is 1. The van der Waals surface area contributed by atoms with Crippen LogP contribution in [0.4, 0.5) is 4.39 Å². The van der Waals surface area contributed by atoms with Gasteiger partial charge < -0.3 is 9.64 Å². The van der Waals surface area contributed by atoms with E-state index in [-0.39, 0.29) is 23.7 Å². The first-order chi connectivity index (χ1) is 8.92. The highest BCUT2D eigenvalue weighted by Crippen LogP contribution is 2.37. The predicted molar refractivity (Wildman–Crippen MR) is 73.3 cm³/mol. The summed E-state index contributed by atoms with van der Waals surface area (Å²) in [5.41, 5.74) is 0.716. The van der Waals surface area contributed by atoms with Crippen molar-refractivity contribution in [3.63, 3.8) is 0 Å². The molecule has 0 N–H and O–H groups in total. The fourth-order valence-corrected chi connectivity index (χ4v) is 2.31. The second-order valence-electron chi connectivity index (χ2n) is 5.19. The van der Waals surface area contributed by atoms with Crippen molar-refractivity contribution in [3.8, 4) is 11.8 Å². The molecule has 0 aromatic heterocycles. The minimum absolute atomic E-state index is 0.172. The summed E-state index contributed by atoms with van der Waals surface area (Å²) in [6.07, 6.45) is 0. The summed E-state index contributed by atoms with van der Waals surface area (Å²) in [6, 6.07) is 6.56. The van der Waals surface area contributed by atoms with Crippen LogP contribution in [-0.2, 0) is 0 Å². The zero-order chi connectivity index (χ0) is 14.6. The standard InChI is InChI=1S/C15H21FN2O/c1-10(2)13(9-17)15(18(3)4)12-8-11(16)6-7-14(12)19-5/h6-8,10,13,15H,1-5H3. The molecule has 0 aliphatic heterocycles. The van der Waals surface area contributed by atoms with Gasteiger partial charge in [-0.3, -0.25) is 0 Å². The molecule has 2 atom stereocenters. The van der Waals surface area contributed by atoms with Crippen LogP contribution in [0.3, 0.4) is 0 Å². The molecular weight excluding hydrogens is 243 g/mol. The lowest BCUT2D eigenvalue weighted by Crippen LogP contribution is -2.30. The lowest BCUT2D eigenvalue weighted by Gasteiger charge is -2.32. The average Bonchev–Trinajstić information content (AvgIpc) is 2.34. The Kier molecular flexibility index (Phi) is 5.31. The van der Waals surface area contributed by atoms with E-state index in [9.17, 15) is 9.65 Å². The molecule has 0 amide bonds. The fraction of sp³-hybridized carbons (Fsp3) is 0.533. The Morgan fingerprint density at radius 3 is 2.37 bits per heavy atom. The summed E-state index contributed by atoms with van der Waals surface area (Å²) in [5.74, 6) is 0.236. The van der Waals surface area contributed by atoms with E-state index < -0.39 is 0 Å². The number of halogens is 1. The fourth-order valence-electron chi connectivity index (χ4n) is 2.31. The van der Waals surface area contributed by atoms with Gasteiger partial charge >= 0.3 is 0 Å². The topological polar surface area (TPSA) is 36.3 Å². The van der Waals surface area contributed by atoms with Crippen LogP contribution in [0.5, 0.6) is 5.75 Å². The van der Waals surface area contributed by atoms with Crippen LogP contribution in [0.25, 0.3) is 0 Å². The summed E-state index contributed by atoms with van der Waals surface area (Å²) < 4.78 is 18.8. The van der Waals surface area contributed by atoms with Gasteiger partial charge in [0.25, 0.3) is 0 Å². The minimum atomic E-state index is -0.317. The van der Waals surface area contributed by atoms with Gasteiger partial charge in [-0.1, -0.05) is 13.8 Å². The highest BCUT2D eigenvalue weighted by Gasteiger charge is 2.30. The molecule has 0 saturated heterocycles. The molecule has 19 heavy (non-hydrogen) atoms. The predicted octanol–water partition coefficient (Wildman–Crippen LogP) is 3.23. The van der Waals surface area contributed by atoms with Crippen molar-refractivity contribution >= 4 is 0 Å². The molecule has 0 fully saturated rings. The zero-order valence-corrected chi connectivity index (χ0v) is 12.1. The molecule has 0 saturated carbocycles. The van der Waals surface area contributed by atoms with Gasteiger partial charge in [0, 0.05) is 5.56 Å². The van der Waals surface area contributed by atoms with E-state index in [0.29, 0.717) is 11.3 Å². The first kappa shape index (κ1) is 15.5. The Balaban J connectivity index is 3.34. The van der Waals surface area contributed by atoms with Gasteiger partial charge in [-0.15, -0.1) is 0 Å². The highest BCUT2D eigenvalue weighted by atomic mass is 19.1. The molecule has 0 bridgehead atoms. The molecular formula is C15H21FN2O. The number of methoxy groups -OCH3 is 1. The van der Waals surface area contributed by atoms with Crippen molar-refractivity contribution in [2.24, 2.45) is 11.8 Å². The van der Waals surface area contributed by atoms with Gasteiger partial charge in [0.15, 0.2) is 0 Å². The van der Waals surface area contributed by atoms with Crippen LogP contribution >= 0.6 is 0 Å². The van der Waals surface area contributed by atoms with Gasteiger partial charge in [0.1, 0.15) is 11.6 Å². The molecule has 0 heterocycles. The molecule has 0 spiro atoms. The molecule has 1 aromatic carbocycles. The maximum absolute atomic E-state index is 13.5. The van der Waals surface area contributed by atoms with E-state index in [4.69, 9.17) is 4.74 Å². The highest BCUT2D eigenvalue weighted by molar-refractivity contribution is 5.37. The average molecular weight is 264 g/mol. The van der Waals surface area contributed by atoms with Crippen LogP contribution in [0.15, 0.2) is 18.2 Å². The molecule has 4 heteroatoms. The lowest BCUT2D eigenvalue weighted by molar-refractivity contribution is 0.204. The van der Waals surface area contributed by atoms with E-state index in [1.807, 2.05) is 32.8 Å². The summed E-state index contributed by atoms with van der Waals surface area (Å²) >= 11 is 0. The summed E-state index contributed by atoms with van der Waals surface area (Å²) in [4.78, 5) is 1.94. The number of rotatable bonds is 5. The number of hydrogen-bond acceptors (Lipinski definition) is 3. The second kappa shape index (κ2) is 6.53. The van der Waals surface area contributed by atoms with Gasteiger partial charge in [0.05, 0.1) is 25.1 Å². The third kappa shape index (κ3) is 3.45. The summed E-state index contributed by atoms with van der Waals surface area (Å²) in [7, 11) is 5.34. The number of nitriles is 1. The number of benzene rings is 1. The van der Waals surface area contributed by atoms with Crippen molar-refractivity contribution < 1.29 is 9.13 Å². The van der Waals surface area contributed by atoms with Crippen molar-refractivity contribution in [1.29, 1.82) is 5.26 Å². The third-order valence-corrected chi connectivity index (χ3v) is 3.27. The van der Waals surface area contributed by atoms with Crippen LogP contribution in [-0.4, -0.2) is 26.1 Å². The van der Waals surface area contributed by atoms with Crippen molar-refractivity contribution in [2.75, 3.05) is 21.2 Å². The maximum Gasteiger partial charge on any atom is 0.123 e. The number of hydrogen-bond donors (Lipinski definition) is 0. The van der Waals surface area contributed by atoms with Crippen LogP contribution in [0.2, 0.25) is 0 Å². The van der Waals surface area contributed by atoms with Crippen molar-refractivity contribution in [2.45, 2.75) is 19.9 Å². The molecule has 1 rings (SSSR count). The Morgan fingerprint density at radius 1 is 1.32 bits per heavy atom. The van der Waals surface area contributed by atoms with Crippen LogP contribution < -0.4 is 4.74 Å². The first-order valence-electron chi connectivity index (χ1n) is 6.31. The molecule has 104 valence electrons. The minimum Gasteiger partial charge on any atom is -0.496 e. The zero-order valence-electron chi connectivity index (χ0n) is 12.1. The second-order valence-corrected chi connectivity index (χ2v) is 5.19. The molecule has 2 unspecified atom stereocenters. The molecule has 1 aromatic rings. The summed E-state index contributed by atoms with van der Waals surface area (Å²) in [6.45, 7) is 3.99. The maximum atomic E-state index is 13.5.